The van der Waals surface area contributed by atoms with Crippen molar-refractivity contribution in [2.75, 3.05) is 13.1 Å². The zero-order valence-corrected chi connectivity index (χ0v) is 15.3. The summed E-state index contributed by atoms with van der Waals surface area (Å²) < 4.78 is 6.95. The Morgan fingerprint density at radius 2 is 2.19 bits per heavy atom. The van der Waals surface area contributed by atoms with Crippen LogP contribution in [0.2, 0.25) is 0 Å². The van der Waals surface area contributed by atoms with Crippen molar-refractivity contribution in [3.8, 4) is 0 Å². The number of carbonyl (C=O) groups is 2. The normalized spacial score (nSPS) is 16.7. The van der Waals surface area contributed by atoms with Crippen LogP contribution in [0.3, 0.4) is 0 Å². The van der Waals surface area contributed by atoms with Gasteiger partial charge in [0.05, 0.1) is 6.54 Å². The van der Waals surface area contributed by atoms with Gasteiger partial charge in [-0.25, -0.2) is 4.79 Å². The van der Waals surface area contributed by atoms with Gasteiger partial charge in [-0.2, -0.15) is 10.1 Å². The third-order valence-electron chi connectivity index (χ3n) is 5.33. The van der Waals surface area contributed by atoms with Gasteiger partial charge in [0.25, 0.3) is 5.91 Å². The van der Waals surface area contributed by atoms with Crippen LogP contribution in [0.1, 0.15) is 58.6 Å². The number of nitrogens with zero attached hydrogens (tertiary/aromatic N) is 5. The van der Waals surface area contributed by atoms with Crippen molar-refractivity contribution < 1.29 is 14.1 Å². The zero-order valence-electron chi connectivity index (χ0n) is 15.3. The van der Waals surface area contributed by atoms with Gasteiger partial charge < -0.3 is 20.5 Å². The van der Waals surface area contributed by atoms with Gasteiger partial charge in [-0.15, -0.1) is 0 Å². The third-order valence-corrected chi connectivity index (χ3v) is 5.33. The van der Waals surface area contributed by atoms with Gasteiger partial charge in [-0.3, -0.25) is 9.48 Å². The van der Waals surface area contributed by atoms with E-state index in [4.69, 9.17) is 10.3 Å². The summed E-state index contributed by atoms with van der Waals surface area (Å²) in [6.45, 7) is 1.30. The van der Waals surface area contributed by atoms with E-state index in [1.165, 1.54) is 6.42 Å². The first-order chi connectivity index (χ1) is 13.0. The maximum atomic E-state index is 12.5. The number of hydrogen-bond acceptors (Lipinski definition) is 6. The van der Waals surface area contributed by atoms with Crippen molar-refractivity contribution >= 4 is 11.9 Å². The van der Waals surface area contributed by atoms with Crippen LogP contribution in [0.5, 0.6) is 0 Å². The second-order valence-corrected chi connectivity index (χ2v) is 7.09. The molecule has 2 aliphatic rings. The highest BCUT2D eigenvalue weighted by atomic mass is 16.5. The zero-order chi connectivity index (χ0) is 19.0. The van der Waals surface area contributed by atoms with E-state index in [9.17, 15) is 9.59 Å². The number of hydrogen-bond donors (Lipinski definition) is 2. The molecule has 2 aromatic rings. The van der Waals surface area contributed by atoms with Crippen LogP contribution in [0.4, 0.5) is 4.79 Å². The summed E-state index contributed by atoms with van der Waals surface area (Å²) in [6, 6.07) is -0.192. The van der Waals surface area contributed by atoms with Crippen LogP contribution in [-0.2, 0) is 26.4 Å². The molecule has 3 heterocycles. The van der Waals surface area contributed by atoms with E-state index in [2.05, 4.69) is 20.6 Å². The first kappa shape index (κ1) is 17.5. The molecule has 1 fully saturated rings. The summed E-state index contributed by atoms with van der Waals surface area (Å²) in [4.78, 5) is 30.1. The molecule has 3 N–H and O–H groups in total. The highest BCUT2D eigenvalue weighted by Crippen LogP contribution is 2.35. The van der Waals surface area contributed by atoms with Gasteiger partial charge in [0.2, 0.25) is 5.89 Å². The summed E-state index contributed by atoms with van der Waals surface area (Å²) in [5.41, 5.74) is 7.31. The Labute approximate surface area is 156 Å². The van der Waals surface area contributed by atoms with Crippen molar-refractivity contribution in [1.82, 2.24) is 30.1 Å². The van der Waals surface area contributed by atoms with Gasteiger partial charge in [-0.05, 0) is 12.8 Å². The van der Waals surface area contributed by atoms with Gasteiger partial charge in [-0.1, -0.05) is 11.6 Å². The fraction of sp³-hybridized carbons (Fsp3) is 0.588. The Kier molecular flexibility index (Phi) is 4.54. The number of fused-ring (bicyclic) bond motifs is 1. The lowest BCUT2D eigenvalue weighted by atomic mass is 9.85. The fourth-order valence-corrected chi connectivity index (χ4v) is 3.55. The average molecular weight is 373 g/mol. The largest absolute Gasteiger partial charge is 0.364 e. The average Bonchev–Trinajstić information content (AvgIpc) is 3.18. The minimum atomic E-state index is -0.575. The predicted octanol–water partition coefficient (Wildman–Crippen LogP) is 0.480. The summed E-state index contributed by atoms with van der Waals surface area (Å²) in [5, 5.41) is 11.0. The molecule has 10 nitrogen and oxygen atoms in total. The minimum Gasteiger partial charge on any atom is -0.364 e. The molecule has 0 aromatic carbocycles. The number of nitrogens with two attached hydrogens (primary N) is 1. The summed E-state index contributed by atoms with van der Waals surface area (Å²) >= 11 is 0. The Bertz CT molecular complexity index is 868. The van der Waals surface area contributed by atoms with Crippen molar-refractivity contribution in [3.63, 3.8) is 0 Å². The maximum Gasteiger partial charge on any atom is 0.317 e. The standard InChI is InChI=1S/C17H23N7O3/c1-23-12-6-8-24(9-11(12)14(21-23)15(18)25)17(26)19-7-5-13-20-16(27-22-13)10-3-2-4-10/h10H,2-9H2,1H3,(H2,18,25)(H,19,26). The Morgan fingerprint density at radius 1 is 1.37 bits per heavy atom. The number of nitrogens with one attached hydrogen (secondary N) is 1. The lowest BCUT2D eigenvalue weighted by molar-refractivity contribution is 0.0992. The molecule has 27 heavy (non-hydrogen) atoms. The van der Waals surface area contributed by atoms with Crippen LogP contribution >= 0.6 is 0 Å². The topological polar surface area (TPSA) is 132 Å². The number of carbonyl (C=O) groups excluding carboxylic acids is 2. The van der Waals surface area contributed by atoms with Crippen molar-refractivity contribution in [2.24, 2.45) is 12.8 Å². The molecule has 0 spiro atoms. The fourth-order valence-electron chi connectivity index (χ4n) is 3.55. The van der Waals surface area contributed by atoms with Gasteiger partial charge in [0.1, 0.15) is 0 Å². The van der Waals surface area contributed by atoms with Gasteiger partial charge in [0, 0.05) is 50.2 Å². The minimum absolute atomic E-state index is 0.192. The molecule has 0 unspecified atom stereocenters. The predicted molar refractivity (Wildman–Crippen MR) is 93.8 cm³/mol. The quantitative estimate of drug-likeness (QED) is 0.783. The van der Waals surface area contributed by atoms with Crippen LogP contribution in [-0.4, -0.2) is 49.8 Å². The van der Waals surface area contributed by atoms with Crippen LogP contribution in [0, 0.1) is 0 Å². The second-order valence-electron chi connectivity index (χ2n) is 7.09. The number of urea groups is 1. The van der Waals surface area contributed by atoms with Crippen molar-refractivity contribution in [1.29, 1.82) is 0 Å². The van der Waals surface area contributed by atoms with Crippen molar-refractivity contribution in [3.05, 3.63) is 28.7 Å². The molecule has 0 saturated heterocycles. The third kappa shape index (κ3) is 3.38. The maximum absolute atomic E-state index is 12.5. The van der Waals surface area contributed by atoms with Gasteiger partial charge in [0.15, 0.2) is 11.5 Å². The molecule has 144 valence electrons. The molecular formula is C17H23N7O3. The van der Waals surface area contributed by atoms with E-state index in [1.807, 2.05) is 0 Å². The van der Waals surface area contributed by atoms with E-state index in [0.717, 1.165) is 24.1 Å². The van der Waals surface area contributed by atoms with Crippen molar-refractivity contribution in [2.45, 2.75) is 44.6 Å². The first-order valence-corrected chi connectivity index (χ1v) is 9.22. The lowest BCUT2D eigenvalue weighted by Crippen LogP contribution is -2.43. The Hall–Kier alpha value is -2.91. The molecule has 2 aromatic heterocycles. The number of primary amides is 1. The van der Waals surface area contributed by atoms with E-state index in [-0.39, 0.29) is 11.7 Å². The molecule has 0 radical (unpaired) electrons. The SMILES string of the molecule is Cn1nc(C(N)=O)c2c1CCN(C(=O)NCCc1noc(C3CCC3)n1)C2. The van der Waals surface area contributed by atoms with E-state index >= 15 is 0 Å². The molecule has 4 rings (SSSR count). The monoisotopic (exact) mass is 373 g/mol. The van der Waals surface area contributed by atoms with Crippen LogP contribution in [0.15, 0.2) is 4.52 Å². The summed E-state index contributed by atoms with van der Waals surface area (Å²) in [5.74, 6) is 1.15. The first-order valence-electron chi connectivity index (χ1n) is 9.22. The molecule has 0 atom stereocenters. The Morgan fingerprint density at radius 3 is 2.89 bits per heavy atom. The smallest absolute Gasteiger partial charge is 0.317 e. The second kappa shape index (κ2) is 7.01. The molecule has 0 bridgehead atoms. The van der Waals surface area contributed by atoms with Crippen LogP contribution in [0.25, 0.3) is 0 Å². The van der Waals surface area contributed by atoms with E-state index in [1.54, 1.807) is 16.6 Å². The van der Waals surface area contributed by atoms with Crippen LogP contribution < -0.4 is 11.1 Å². The molecule has 1 saturated carbocycles. The molecule has 10 heteroatoms. The lowest BCUT2D eigenvalue weighted by Gasteiger charge is -2.27. The summed E-state index contributed by atoms with van der Waals surface area (Å²) in [7, 11) is 1.78. The molecule has 3 amide bonds. The van der Waals surface area contributed by atoms with E-state index < -0.39 is 5.91 Å². The van der Waals surface area contributed by atoms with Gasteiger partial charge >= 0.3 is 6.03 Å². The number of amides is 3. The Balaban J connectivity index is 1.31. The molecule has 1 aliphatic carbocycles. The van der Waals surface area contributed by atoms with E-state index in [0.29, 0.717) is 50.1 Å². The molecule has 1 aliphatic heterocycles. The summed E-state index contributed by atoms with van der Waals surface area (Å²) in [6.07, 6.45) is 4.58. The number of aromatic nitrogens is 4. The highest BCUT2D eigenvalue weighted by molar-refractivity contribution is 5.92. The number of rotatable bonds is 5. The molecular weight excluding hydrogens is 350 g/mol. The highest BCUT2D eigenvalue weighted by Gasteiger charge is 2.28. The number of aryl methyl sites for hydroxylation is 1.